The van der Waals surface area contributed by atoms with E-state index < -0.39 is 0 Å². The summed E-state index contributed by atoms with van der Waals surface area (Å²) in [7, 11) is 1.52. The van der Waals surface area contributed by atoms with Crippen LogP contribution in [-0.2, 0) is 0 Å². The molecule has 0 aliphatic rings. The molecule has 104 valence electrons. The Kier molecular flexibility index (Phi) is 4.52. The molecule has 2 aromatic rings. The summed E-state index contributed by atoms with van der Waals surface area (Å²) in [6.45, 7) is 0. The van der Waals surface area contributed by atoms with Gasteiger partial charge in [0.25, 0.3) is 5.91 Å². The number of methoxy groups -OCH3 is 1. The molecule has 2 aromatic carbocycles. The number of ether oxygens (including phenoxy) is 1. The number of rotatable bonds is 3. The molecule has 0 radical (unpaired) electrons. The second-order valence-electron chi connectivity index (χ2n) is 4.04. The average molecular weight is 356 g/mol. The topological polar surface area (TPSA) is 64.3 Å². The Morgan fingerprint density at radius 3 is 2.70 bits per heavy atom. The van der Waals surface area contributed by atoms with E-state index in [0.29, 0.717) is 32.2 Å². The van der Waals surface area contributed by atoms with Gasteiger partial charge in [0, 0.05) is 21.2 Å². The summed E-state index contributed by atoms with van der Waals surface area (Å²) >= 11 is 9.16. The van der Waals surface area contributed by atoms with Crippen LogP contribution in [0.4, 0.5) is 11.4 Å². The van der Waals surface area contributed by atoms with Gasteiger partial charge in [0.15, 0.2) is 0 Å². The largest absolute Gasteiger partial charge is 0.495 e. The van der Waals surface area contributed by atoms with Gasteiger partial charge in [-0.3, -0.25) is 4.79 Å². The molecule has 0 aromatic heterocycles. The molecular weight excluding hydrogens is 344 g/mol. The van der Waals surface area contributed by atoms with Gasteiger partial charge < -0.3 is 15.8 Å². The van der Waals surface area contributed by atoms with Crippen LogP contribution < -0.4 is 15.8 Å². The lowest BCUT2D eigenvalue weighted by Gasteiger charge is -2.10. The number of hydrogen-bond acceptors (Lipinski definition) is 3. The van der Waals surface area contributed by atoms with Gasteiger partial charge in [-0.05, 0) is 46.3 Å². The van der Waals surface area contributed by atoms with Crippen LogP contribution in [0, 0.1) is 0 Å². The van der Waals surface area contributed by atoms with Crippen LogP contribution in [0.25, 0.3) is 0 Å². The van der Waals surface area contributed by atoms with Crippen LogP contribution in [0.15, 0.2) is 40.9 Å². The van der Waals surface area contributed by atoms with Crippen LogP contribution in [0.5, 0.6) is 5.75 Å². The Morgan fingerprint density at radius 1 is 1.30 bits per heavy atom. The highest BCUT2D eigenvalue weighted by Gasteiger charge is 2.11. The van der Waals surface area contributed by atoms with Crippen LogP contribution in [0.1, 0.15) is 10.4 Å². The number of carbonyl (C=O) groups is 1. The third-order valence-electron chi connectivity index (χ3n) is 2.67. The lowest BCUT2D eigenvalue weighted by atomic mass is 10.2. The van der Waals surface area contributed by atoms with E-state index in [4.69, 9.17) is 22.1 Å². The predicted molar refractivity (Wildman–Crippen MR) is 84.5 cm³/mol. The number of halogens is 2. The van der Waals surface area contributed by atoms with Crippen molar-refractivity contribution in [3.63, 3.8) is 0 Å². The first kappa shape index (κ1) is 14.7. The molecule has 2 rings (SSSR count). The maximum Gasteiger partial charge on any atom is 0.256 e. The van der Waals surface area contributed by atoms with E-state index in [1.807, 2.05) is 0 Å². The minimum absolute atomic E-state index is 0.250. The van der Waals surface area contributed by atoms with Gasteiger partial charge in [-0.1, -0.05) is 11.6 Å². The maximum absolute atomic E-state index is 12.2. The SMILES string of the molecule is COc1cc(NC(=O)c2ccc(Cl)cc2Br)ccc1N. The van der Waals surface area contributed by atoms with Crippen LogP contribution in [-0.4, -0.2) is 13.0 Å². The van der Waals surface area contributed by atoms with E-state index in [-0.39, 0.29) is 5.91 Å². The van der Waals surface area contributed by atoms with Gasteiger partial charge in [-0.15, -0.1) is 0 Å². The monoisotopic (exact) mass is 354 g/mol. The summed E-state index contributed by atoms with van der Waals surface area (Å²) in [5, 5.41) is 3.33. The zero-order valence-corrected chi connectivity index (χ0v) is 13.0. The zero-order chi connectivity index (χ0) is 14.7. The molecule has 0 atom stereocenters. The zero-order valence-electron chi connectivity index (χ0n) is 10.6. The molecule has 0 saturated carbocycles. The fourth-order valence-electron chi connectivity index (χ4n) is 1.66. The number of nitrogen functional groups attached to an aromatic ring is 1. The van der Waals surface area contributed by atoms with Crippen molar-refractivity contribution >= 4 is 44.8 Å². The lowest BCUT2D eigenvalue weighted by molar-refractivity contribution is 0.102. The summed E-state index contributed by atoms with van der Waals surface area (Å²) in [6, 6.07) is 10.0. The Hall–Kier alpha value is -1.72. The number of nitrogens with one attached hydrogen (secondary N) is 1. The molecule has 6 heteroatoms. The molecule has 0 fully saturated rings. The smallest absolute Gasteiger partial charge is 0.256 e. The maximum atomic E-state index is 12.2. The Bertz CT molecular complexity index is 662. The Labute approximate surface area is 130 Å². The van der Waals surface area contributed by atoms with Crippen molar-refractivity contribution in [1.29, 1.82) is 0 Å². The van der Waals surface area contributed by atoms with Crippen molar-refractivity contribution in [3.05, 3.63) is 51.5 Å². The fourth-order valence-corrected chi connectivity index (χ4v) is 2.52. The van der Waals surface area contributed by atoms with E-state index in [1.54, 1.807) is 36.4 Å². The van der Waals surface area contributed by atoms with Crippen molar-refractivity contribution in [2.45, 2.75) is 0 Å². The number of hydrogen-bond donors (Lipinski definition) is 2. The highest BCUT2D eigenvalue weighted by molar-refractivity contribution is 9.10. The average Bonchev–Trinajstić information content (AvgIpc) is 2.40. The van der Waals surface area contributed by atoms with Crippen LogP contribution in [0.3, 0.4) is 0 Å². The summed E-state index contributed by atoms with van der Waals surface area (Å²) < 4.78 is 5.74. The van der Waals surface area contributed by atoms with Crippen molar-refractivity contribution in [3.8, 4) is 5.75 Å². The highest BCUT2D eigenvalue weighted by Crippen LogP contribution is 2.26. The van der Waals surface area contributed by atoms with Crippen LogP contribution in [0.2, 0.25) is 5.02 Å². The number of carbonyl (C=O) groups excluding carboxylic acids is 1. The summed E-state index contributed by atoms with van der Waals surface area (Å²) in [5.74, 6) is 0.262. The second-order valence-corrected chi connectivity index (χ2v) is 5.33. The summed E-state index contributed by atoms with van der Waals surface area (Å²) in [4.78, 5) is 12.2. The molecule has 0 spiro atoms. The van der Waals surface area contributed by atoms with E-state index in [0.717, 1.165) is 0 Å². The van der Waals surface area contributed by atoms with E-state index in [2.05, 4.69) is 21.2 Å². The van der Waals surface area contributed by atoms with E-state index in [9.17, 15) is 4.79 Å². The Balaban J connectivity index is 2.23. The molecule has 4 nitrogen and oxygen atoms in total. The van der Waals surface area contributed by atoms with Gasteiger partial charge in [0.1, 0.15) is 5.75 Å². The summed E-state index contributed by atoms with van der Waals surface area (Å²) in [5.41, 5.74) is 7.33. The Morgan fingerprint density at radius 2 is 2.05 bits per heavy atom. The number of anilines is 2. The van der Waals surface area contributed by atoms with Gasteiger partial charge in [-0.25, -0.2) is 0 Å². The molecular formula is C14H12BrClN2O2. The fraction of sp³-hybridized carbons (Fsp3) is 0.0714. The lowest BCUT2D eigenvalue weighted by Crippen LogP contribution is -2.12. The predicted octanol–water partition coefficient (Wildman–Crippen LogP) is 3.95. The van der Waals surface area contributed by atoms with E-state index in [1.165, 1.54) is 7.11 Å². The number of amides is 1. The van der Waals surface area contributed by atoms with Gasteiger partial charge in [-0.2, -0.15) is 0 Å². The van der Waals surface area contributed by atoms with Gasteiger partial charge in [0.05, 0.1) is 18.4 Å². The highest BCUT2D eigenvalue weighted by atomic mass is 79.9. The molecule has 20 heavy (non-hydrogen) atoms. The number of benzene rings is 2. The van der Waals surface area contributed by atoms with Crippen molar-refractivity contribution < 1.29 is 9.53 Å². The van der Waals surface area contributed by atoms with Crippen molar-refractivity contribution in [2.75, 3.05) is 18.2 Å². The second kappa shape index (κ2) is 6.15. The molecule has 0 heterocycles. The number of nitrogens with two attached hydrogens (primary N) is 1. The summed E-state index contributed by atoms with van der Waals surface area (Å²) in [6.07, 6.45) is 0. The molecule has 0 aliphatic heterocycles. The van der Waals surface area contributed by atoms with Gasteiger partial charge >= 0.3 is 0 Å². The molecule has 1 amide bonds. The molecule has 0 unspecified atom stereocenters. The van der Waals surface area contributed by atoms with Crippen molar-refractivity contribution in [1.82, 2.24) is 0 Å². The first-order valence-electron chi connectivity index (χ1n) is 5.71. The normalized spacial score (nSPS) is 10.2. The standard InChI is InChI=1S/C14H12BrClN2O2/c1-20-13-7-9(3-5-12(13)17)18-14(19)10-4-2-8(16)6-11(10)15/h2-7H,17H2,1H3,(H,18,19). The molecule has 0 aliphatic carbocycles. The molecule has 3 N–H and O–H groups in total. The van der Waals surface area contributed by atoms with Gasteiger partial charge in [0.2, 0.25) is 0 Å². The van der Waals surface area contributed by atoms with Crippen molar-refractivity contribution in [2.24, 2.45) is 0 Å². The molecule has 0 bridgehead atoms. The minimum Gasteiger partial charge on any atom is -0.495 e. The molecule has 0 saturated heterocycles. The third kappa shape index (κ3) is 3.23. The first-order chi connectivity index (χ1) is 9.51. The first-order valence-corrected chi connectivity index (χ1v) is 6.88. The minimum atomic E-state index is -0.250. The quantitative estimate of drug-likeness (QED) is 0.820. The van der Waals surface area contributed by atoms with E-state index >= 15 is 0 Å². The third-order valence-corrected chi connectivity index (χ3v) is 3.56. The van der Waals surface area contributed by atoms with Crippen LogP contribution >= 0.6 is 27.5 Å².